The second-order valence-corrected chi connectivity index (χ2v) is 1.88. The van der Waals surface area contributed by atoms with E-state index in [2.05, 4.69) is 4.72 Å². The molecule has 0 aromatic rings. The van der Waals surface area contributed by atoms with Gasteiger partial charge < -0.3 is 0 Å². The molecule has 7 heavy (non-hydrogen) atoms. The van der Waals surface area contributed by atoms with Crippen molar-refractivity contribution in [2.45, 2.75) is 6.92 Å². The zero-order chi connectivity index (χ0) is 5.86. The number of hydrogen-bond acceptors (Lipinski definition) is 2. The molecule has 1 amide bonds. The number of carbonyl (C=O) groups excluding carboxylic acids is 1. The van der Waals surface area contributed by atoms with Gasteiger partial charge in [0.2, 0.25) is 0 Å². The van der Waals surface area contributed by atoms with Gasteiger partial charge in [0.15, 0.2) is 0 Å². The quantitative estimate of drug-likeness (QED) is 0.412. The van der Waals surface area contributed by atoms with Gasteiger partial charge in [-0.25, -0.2) is 0 Å². The molecule has 0 radical (unpaired) electrons. The van der Waals surface area contributed by atoms with Gasteiger partial charge in [0.05, 0.1) is 0 Å². The molecule has 0 aromatic carbocycles. The van der Waals surface area contributed by atoms with Crippen LogP contribution in [0.3, 0.4) is 0 Å². The zero-order valence-electron chi connectivity index (χ0n) is 3.89. The number of hydrogen-bond donors (Lipinski definition) is 2. The molecule has 0 aliphatic heterocycles. The van der Waals surface area contributed by atoms with E-state index in [0.717, 1.165) is 0 Å². The zero-order valence-corrected chi connectivity index (χ0v) is 4.71. The molecule has 0 heterocycles. The van der Waals surface area contributed by atoms with E-state index < -0.39 is 10.1 Å². The van der Waals surface area contributed by atoms with Gasteiger partial charge in [0, 0.05) is 0 Å². The van der Waals surface area contributed by atoms with Crippen LogP contribution in [0.15, 0.2) is 0 Å². The monoisotopic (exact) mass is 116 g/mol. The van der Waals surface area contributed by atoms with Gasteiger partial charge >= 0.3 is 43.8 Å². The molecular weight excluding hydrogens is 111 g/mol. The predicted octanol–water partition coefficient (Wildman–Crippen LogP) is -0.498. The number of amides is 1. The first-order valence-electron chi connectivity index (χ1n) is 1.60. The summed E-state index contributed by atoms with van der Waals surface area (Å²) in [5, 5.41) is 0. The van der Waals surface area contributed by atoms with Crippen molar-refractivity contribution in [3.8, 4) is 0 Å². The average Bonchev–Trinajstić information content (AvgIpc) is 1.27. The summed E-state index contributed by atoms with van der Waals surface area (Å²) in [5.74, 6) is -0.263. The van der Waals surface area contributed by atoms with Crippen LogP contribution in [0.25, 0.3) is 0 Å². The van der Waals surface area contributed by atoms with E-state index >= 15 is 0 Å². The molecular formula is C2H5BN2OS. The van der Waals surface area contributed by atoms with Gasteiger partial charge in [-0.2, -0.15) is 0 Å². The minimum absolute atomic E-state index is 0.263. The first kappa shape index (κ1) is 6.55. The molecule has 3 nitrogen and oxygen atoms in total. The number of carbonyl (C=O) groups is 1. The third-order valence-corrected chi connectivity index (χ3v) is 0.761. The molecule has 0 unspecified atom stereocenters. The molecule has 0 bridgehead atoms. The van der Waals surface area contributed by atoms with Crippen molar-refractivity contribution in [3.05, 3.63) is 0 Å². The summed E-state index contributed by atoms with van der Waals surface area (Å²) in [6.45, 7) is 6.18. The minimum atomic E-state index is -1.20. The maximum absolute atomic E-state index is 9.95. The van der Waals surface area contributed by atoms with Crippen LogP contribution in [-0.4, -0.2) is 12.4 Å². The summed E-state index contributed by atoms with van der Waals surface area (Å²) in [4.78, 5) is 9.95. The Labute approximate surface area is 44.6 Å². The molecule has 0 aliphatic rings. The summed E-state index contributed by atoms with van der Waals surface area (Å²) < 4.78 is 8.72. The molecule has 38 valence electrons. The summed E-state index contributed by atoms with van der Waals surface area (Å²) in [6.07, 6.45) is 0. The second kappa shape index (κ2) is 2.68. The first-order chi connectivity index (χ1) is 3.13. The van der Waals surface area contributed by atoms with Crippen molar-refractivity contribution < 1.29 is 4.79 Å². The SMILES string of the molecule is B#S(=N)NC(C)=O. The average molecular weight is 116 g/mol. The van der Waals surface area contributed by atoms with Crippen LogP contribution < -0.4 is 4.72 Å². The Balaban J connectivity index is 3.61. The van der Waals surface area contributed by atoms with E-state index in [9.17, 15) is 4.79 Å². The Kier molecular flexibility index (Phi) is 2.51. The molecule has 5 heteroatoms. The second-order valence-electron chi connectivity index (χ2n) is 0.996. The van der Waals surface area contributed by atoms with Gasteiger partial charge in [-0.3, -0.25) is 0 Å². The molecule has 0 atom stereocenters. The van der Waals surface area contributed by atoms with E-state index in [1.54, 1.807) is 0 Å². The van der Waals surface area contributed by atoms with Crippen LogP contribution in [0.5, 0.6) is 0 Å². The molecule has 0 rings (SSSR count). The van der Waals surface area contributed by atoms with Gasteiger partial charge in [0.25, 0.3) is 0 Å². The fraction of sp³-hybridized carbons (Fsp3) is 0.500. The third-order valence-electron chi connectivity index (χ3n) is 0.254. The Morgan fingerprint density at radius 2 is 2.43 bits per heavy atom. The van der Waals surface area contributed by atoms with Crippen LogP contribution in [0.1, 0.15) is 6.92 Å². The predicted molar refractivity (Wildman–Crippen MR) is 29.7 cm³/mol. The first-order valence-corrected chi connectivity index (χ1v) is 2.89. The summed E-state index contributed by atoms with van der Waals surface area (Å²) in [5.41, 5.74) is 0. The third kappa shape index (κ3) is 5.55. The fourth-order valence-corrected chi connectivity index (χ4v) is 0.465. The van der Waals surface area contributed by atoms with E-state index in [1.165, 1.54) is 6.92 Å². The normalized spacial score (nSPS) is 7.86. The van der Waals surface area contributed by atoms with Crippen molar-refractivity contribution in [2.24, 2.45) is 0 Å². The summed E-state index contributed by atoms with van der Waals surface area (Å²) in [6, 6.07) is 0. The maximum atomic E-state index is 9.95. The van der Waals surface area contributed by atoms with Crippen molar-refractivity contribution in [1.29, 1.82) is 4.78 Å². The topological polar surface area (TPSA) is 53.0 Å². The van der Waals surface area contributed by atoms with E-state index in [-0.39, 0.29) is 5.91 Å². The van der Waals surface area contributed by atoms with Crippen LogP contribution >= 0.6 is 0 Å². The molecule has 0 spiro atoms. The Hall–Kier alpha value is -0.445. The van der Waals surface area contributed by atoms with Gasteiger partial charge in [-0.15, -0.1) is 0 Å². The standard InChI is InChI=1S/C2H5BN2OS/c1-2(6)5-7(3)4/h1H3,(H2,4,5,6). The molecule has 0 aromatic heterocycles. The van der Waals surface area contributed by atoms with Gasteiger partial charge in [-0.1, -0.05) is 0 Å². The molecule has 2 N–H and O–H groups in total. The number of nitrogens with one attached hydrogen (secondary N) is 2. The van der Waals surface area contributed by atoms with Crippen molar-refractivity contribution >= 4 is 22.6 Å². The number of rotatable bonds is 0. The van der Waals surface area contributed by atoms with Gasteiger partial charge in [-0.05, 0) is 0 Å². The van der Waals surface area contributed by atoms with E-state index in [0.29, 0.717) is 0 Å². The fourth-order valence-electron chi connectivity index (χ4n) is 0.155. The van der Waals surface area contributed by atoms with E-state index in [1.807, 2.05) is 0 Å². The van der Waals surface area contributed by atoms with Crippen molar-refractivity contribution in [1.82, 2.24) is 4.72 Å². The van der Waals surface area contributed by atoms with Crippen molar-refractivity contribution in [2.75, 3.05) is 0 Å². The van der Waals surface area contributed by atoms with Crippen LogP contribution in [0.4, 0.5) is 0 Å². The summed E-state index contributed by atoms with van der Waals surface area (Å²) in [7, 11) is -1.20. The van der Waals surface area contributed by atoms with Crippen LogP contribution in [0, 0.1) is 4.78 Å². The van der Waals surface area contributed by atoms with Crippen LogP contribution in [-0.2, 0) is 14.9 Å². The molecule has 0 aliphatic carbocycles. The Morgan fingerprint density at radius 3 is 2.43 bits per heavy atom. The molecule has 0 fully saturated rings. The Morgan fingerprint density at radius 1 is 2.00 bits per heavy atom. The molecule has 0 saturated heterocycles. The van der Waals surface area contributed by atoms with Gasteiger partial charge in [0.1, 0.15) is 0 Å². The molecule has 0 saturated carbocycles. The van der Waals surface area contributed by atoms with Crippen molar-refractivity contribution in [3.63, 3.8) is 0 Å². The van der Waals surface area contributed by atoms with E-state index in [4.69, 9.17) is 11.3 Å². The summed E-state index contributed by atoms with van der Waals surface area (Å²) >= 11 is 0. The van der Waals surface area contributed by atoms with Crippen LogP contribution in [0.2, 0.25) is 0 Å². The Bertz CT molecular complexity index is 181.